The van der Waals surface area contributed by atoms with Crippen molar-refractivity contribution in [2.24, 2.45) is 0 Å². The molecule has 0 unspecified atom stereocenters. The maximum Gasteiger partial charge on any atom is 0.226 e. The smallest absolute Gasteiger partial charge is 0.226 e. The summed E-state index contributed by atoms with van der Waals surface area (Å²) >= 11 is 5.00. The van der Waals surface area contributed by atoms with Crippen LogP contribution >= 0.6 is 12.2 Å². The fraction of sp³-hybridized carbons (Fsp3) is 0.222. The minimum Gasteiger partial charge on any atom is -0.494 e. The second kappa shape index (κ2) is 8.98. The van der Waals surface area contributed by atoms with Gasteiger partial charge in [-0.3, -0.25) is 4.79 Å². The Morgan fingerprint density at radius 3 is 2.58 bits per heavy atom. The Kier molecular flexibility index (Phi) is 6.69. The number of amides is 1. The van der Waals surface area contributed by atoms with Crippen molar-refractivity contribution >= 4 is 28.9 Å². The Bertz CT molecular complexity index is 704. The van der Waals surface area contributed by atoms with E-state index in [0.29, 0.717) is 13.0 Å². The molecule has 2 rings (SSSR count). The molecule has 0 fully saturated rings. The Morgan fingerprint density at radius 1 is 1.17 bits per heavy atom. The molecule has 2 aromatic carbocycles. The molecule has 2 N–H and O–H groups in total. The van der Waals surface area contributed by atoms with E-state index in [2.05, 4.69) is 10.6 Å². The molecule has 0 radical (unpaired) electrons. The molecule has 0 atom stereocenters. The molecular weight excluding hydrogens is 327 g/mol. The van der Waals surface area contributed by atoms with Gasteiger partial charge in [0.05, 0.1) is 12.3 Å². The average molecular weight is 346 g/mol. The van der Waals surface area contributed by atoms with Crippen molar-refractivity contribution in [2.75, 3.05) is 11.9 Å². The molecule has 0 saturated heterocycles. The van der Waals surface area contributed by atoms with Gasteiger partial charge in [0.15, 0.2) is 5.11 Å². The van der Waals surface area contributed by atoms with E-state index in [0.717, 1.165) is 11.3 Å². The molecule has 4 nitrogen and oxygen atoms in total. The van der Waals surface area contributed by atoms with Crippen molar-refractivity contribution in [3.05, 3.63) is 59.9 Å². The van der Waals surface area contributed by atoms with Crippen LogP contribution in [0.15, 0.2) is 48.5 Å². The van der Waals surface area contributed by atoms with Crippen LogP contribution in [0, 0.1) is 12.7 Å². The SMILES string of the molecule is Cc1ccc(OCCCC(=O)NC(=S)Nc2ccccc2F)cc1. The molecular formula is C18H19FN2O2S. The highest BCUT2D eigenvalue weighted by atomic mass is 32.1. The van der Waals surface area contributed by atoms with Crippen LogP contribution in [-0.4, -0.2) is 17.6 Å². The summed E-state index contributed by atoms with van der Waals surface area (Å²) in [6.45, 7) is 2.44. The summed E-state index contributed by atoms with van der Waals surface area (Å²) < 4.78 is 19.0. The van der Waals surface area contributed by atoms with Crippen LogP contribution in [0.5, 0.6) is 5.75 Å². The lowest BCUT2D eigenvalue weighted by Crippen LogP contribution is -2.34. The highest BCUT2D eigenvalue weighted by Gasteiger charge is 2.07. The van der Waals surface area contributed by atoms with Gasteiger partial charge >= 0.3 is 0 Å². The zero-order valence-electron chi connectivity index (χ0n) is 13.3. The van der Waals surface area contributed by atoms with Crippen LogP contribution in [0.1, 0.15) is 18.4 Å². The Balaban J connectivity index is 1.66. The number of nitrogens with one attached hydrogen (secondary N) is 2. The molecule has 0 spiro atoms. The van der Waals surface area contributed by atoms with Crippen molar-refractivity contribution in [1.82, 2.24) is 5.32 Å². The molecule has 126 valence electrons. The van der Waals surface area contributed by atoms with E-state index in [4.69, 9.17) is 17.0 Å². The van der Waals surface area contributed by atoms with Crippen molar-refractivity contribution in [3.63, 3.8) is 0 Å². The predicted octanol–water partition coefficient (Wildman–Crippen LogP) is 3.81. The monoisotopic (exact) mass is 346 g/mol. The van der Waals surface area contributed by atoms with Crippen LogP contribution in [0.3, 0.4) is 0 Å². The van der Waals surface area contributed by atoms with Crippen LogP contribution in [0.25, 0.3) is 0 Å². The van der Waals surface area contributed by atoms with Crippen molar-refractivity contribution in [3.8, 4) is 5.75 Å². The lowest BCUT2D eigenvalue weighted by atomic mass is 10.2. The van der Waals surface area contributed by atoms with E-state index in [9.17, 15) is 9.18 Å². The first-order valence-corrected chi connectivity index (χ1v) is 8.00. The first-order valence-electron chi connectivity index (χ1n) is 7.59. The van der Waals surface area contributed by atoms with Crippen LogP contribution in [0.4, 0.5) is 10.1 Å². The zero-order chi connectivity index (χ0) is 17.4. The number of aryl methyl sites for hydroxylation is 1. The third-order valence-corrected chi connectivity index (χ3v) is 3.42. The van der Waals surface area contributed by atoms with Crippen molar-refractivity contribution in [1.29, 1.82) is 0 Å². The summed E-state index contributed by atoms with van der Waals surface area (Å²) in [4.78, 5) is 11.8. The number of carbonyl (C=O) groups is 1. The van der Waals surface area contributed by atoms with Gasteiger partial charge in [0.25, 0.3) is 0 Å². The number of benzene rings is 2. The standard InChI is InChI=1S/C18H19FN2O2S/c1-13-8-10-14(11-9-13)23-12-4-7-17(22)21-18(24)20-16-6-3-2-5-15(16)19/h2-3,5-6,8-11H,4,7,12H2,1H3,(H2,20,21,22,24). The topological polar surface area (TPSA) is 50.4 Å². The average Bonchev–Trinajstić information content (AvgIpc) is 2.55. The van der Waals surface area contributed by atoms with E-state index < -0.39 is 5.82 Å². The van der Waals surface area contributed by atoms with Gasteiger partial charge in [-0.1, -0.05) is 29.8 Å². The van der Waals surface area contributed by atoms with E-state index in [1.807, 2.05) is 31.2 Å². The number of ether oxygens (including phenoxy) is 1. The molecule has 1 amide bonds. The summed E-state index contributed by atoms with van der Waals surface area (Å²) in [6, 6.07) is 13.8. The van der Waals surface area contributed by atoms with Crippen LogP contribution < -0.4 is 15.4 Å². The molecule has 0 aliphatic heterocycles. The number of hydrogen-bond donors (Lipinski definition) is 2. The third kappa shape index (κ3) is 5.96. The van der Waals surface area contributed by atoms with Gasteiger partial charge in [0.1, 0.15) is 11.6 Å². The molecule has 24 heavy (non-hydrogen) atoms. The third-order valence-electron chi connectivity index (χ3n) is 3.21. The van der Waals surface area contributed by atoms with E-state index in [1.165, 1.54) is 6.07 Å². The van der Waals surface area contributed by atoms with E-state index in [1.54, 1.807) is 18.2 Å². The normalized spacial score (nSPS) is 10.1. The summed E-state index contributed by atoms with van der Waals surface area (Å²) in [5, 5.41) is 5.25. The maximum atomic E-state index is 13.5. The second-order valence-electron chi connectivity index (χ2n) is 5.25. The quantitative estimate of drug-likeness (QED) is 0.617. The largest absolute Gasteiger partial charge is 0.494 e. The highest BCUT2D eigenvalue weighted by molar-refractivity contribution is 7.80. The lowest BCUT2D eigenvalue weighted by Gasteiger charge is -2.10. The number of thiocarbonyl (C=S) groups is 1. The number of carbonyl (C=O) groups excluding carboxylic acids is 1. The van der Waals surface area contributed by atoms with Gasteiger partial charge < -0.3 is 15.4 Å². The number of halogens is 1. The number of para-hydroxylation sites is 1. The van der Waals surface area contributed by atoms with Gasteiger partial charge in [0.2, 0.25) is 5.91 Å². The second-order valence-corrected chi connectivity index (χ2v) is 5.66. The summed E-state index contributed by atoms with van der Waals surface area (Å²) in [7, 11) is 0. The Hall–Kier alpha value is -2.47. The van der Waals surface area contributed by atoms with E-state index in [-0.39, 0.29) is 23.1 Å². The fourth-order valence-electron chi connectivity index (χ4n) is 1.96. The molecule has 0 saturated carbocycles. The van der Waals surface area contributed by atoms with Gasteiger partial charge in [-0.2, -0.15) is 0 Å². The lowest BCUT2D eigenvalue weighted by molar-refractivity contribution is -0.119. The summed E-state index contributed by atoms with van der Waals surface area (Å²) in [5.74, 6) is 0.106. The minimum atomic E-state index is -0.430. The van der Waals surface area contributed by atoms with Crippen LogP contribution in [-0.2, 0) is 4.79 Å². The minimum absolute atomic E-state index is 0.0737. The molecule has 2 aromatic rings. The Morgan fingerprint density at radius 2 is 1.88 bits per heavy atom. The summed E-state index contributed by atoms with van der Waals surface area (Å²) in [5.41, 5.74) is 1.39. The van der Waals surface area contributed by atoms with Gasteiger partial charge in [-0.25, -0.2) is 4.39 Å². The molecule has 0 heterocycles. The molecule has 0 aliphatic carbocycles. The highest BCUT2D eigenvalue weighted by Crippen LogP contribution is 2.13. The molecule has 0 bridgehead atoms. The van der Waals surface area contributed by atoms with Gasteiger partial charge in [-0.15, -0.1) is 0 Å². The first-order chi connectivity index (χ1) is 11.5. The molecule has 6 heteroatoms. The fourth-order valence-corrected chi connectivity index (χ4v) is 2.19. The number of hydrogen-bond acceptors (Lipinski definition) is 3. The van der Waals surface area contributed by atoms with Crippen molar-refractivity contribution < 1.29 is 13.9 Å². The van der Waals surface area contributed by atoms with Crippen molar-refractivity contribution in [2.45, 2.75) is 19.8 Å². The first kappa shape index (κ1) is 17.9. The zero-order valence-corrected chi connectivity index (χ0v) is 14.2. The number of anilines is 1. The van der Waals surface area contributed by atoms with E-state index >= 15 is 0 Å². The molecule has 0 aromatic heterocycles. The van der Waals surface area contributed by atoms with Gasteiger partial charge in [0, 0.05) is 6.42 Å². The number of rotatable bonds is 6. The van der Waals surface area contributed by atoms with Crippen LogP contribution in [0.2, 0.25) is 0 Å². The Labute approximate surface area is 146 Å². The maximum absolute atomic E-state index is 13.5. The summed E-state index contributed by atoms with van der Waals surface area (Å²) in [6.07, 6.45) is 0.826. The predicted molar refractivity (Wildman–Crippen MR) is 96.7 cm³/mol. The molecule has 0 aliphatic rings. The van der Waals surface area contributed by atoms with Gasteiger partial charge in [-0.05, 0) is 49.8 Å².